The molecule has 0 fully saturated rings. The van der Waals surface area contributed by atoms with E-state index in [2.05, 4.69) is 32.9 Å². The number of aryl methyl sites for hydroxylation is 1. The molecule has 0 saturated carbocycles. The van der Waals surface area contributed by atoms with Crippen LogP contribution >= 0.6 is 0 Å². The molecule has 24 heavy (non-hydrogen) atoms. The third-order valence-electron chi connectivity index (χ3n) is 3.46. The summed E-state index contributed by atoms with van der Waals surface area (Å²) in [5, 5.41) is 9.70. The van der Waals surface area contributed by atoms with Crippen molar-refractivity contribution in [2.45, 2.75) is 13.3 Å². The van der Waals surface area contributed by atoms with E-state index in [9.17, 15) is 4.79 Å². The summed E-state index contributed by atoms with van der Waals surface area (Å²) in [5.74, 6) is 0.752. The zero-order chi connectivity index (χ0) is 16.8. The van der Waals surface area contributed by atoms with Crippen LogP contribution in [0.1, 0.15) is 21.7 Å². The highest BCUT2D eigenvalue weighted by Gasteiger charge is 2.10. The van der Waals surface area contributed by atoms with Crippen LogP contribution in [0.15, 0.2) is 59.4 Å². The standard InChI is InChI=1S/C18H18N4O2/c1-13-9-17(22-24-13)21-18(23)15-10-16(12-19-11-15)20-8-7-14-5-3-2-4-6-14/h2-6,9-12,20H,7-8H2,1H3,(H,21,22,23). The van der Waals surface area contributed by atoms with Crippen molar-refractivity contribution in [2.24, 2.45) is 0 Å². The molecule has 0 aliphatic rings. The first-order valence-electron chi connectivity index (χ1n) is 7.68. The van der Waals surface area contributed by atoms with Gasteiger partial charge in [0.1, 0.15) is 5.76 Å². The van der Waals surface area contributed by atoms with Gasteiger partial charge in [-0.1, -0.05) is 35.5 Å². The van der Waals surface area contributed by atoms with Crippen molar-refractivity contribution in [1.82, 2.24) is 10.1 Å². The third-order valence-corrected chi connectivity index (χ3v) is 3.46. The lowest BCUT2D eigenvalue weighted by Gasteiger charge is -2.08. The van der Waals surface area contributed by atoms with E-state index >= 15 is 0 Å². The SMILES string of the molecule is Cc1cc(NC(=O)c2cncc(NCCc3ccccc3)c2)no1. The molecule has 0 bridgehead atoms. The van der Waals surface area contributed by atoms with E-state index in [-0.39, 0.29) is 5.91 Å². The summed E-state index contributed by atoms with van der Waals surface area (Å²) in [5.41, 5.74) is 2.52. The van der Waals surface area contributed by atoms with Crippen LogP contribution in [0.5, 0.6) is 0 Å². The average Bonchev–Trinajstić information content (AvgIpc) is 3.01. The molecule has 6 heteroatoms. The molecule has 0 unspecified atom stereocenters. The number of carbonyl (C=O) groups is 1. The normalized spacial score (nSPS) is 10.4. The quantitative estimate of drug-likeness (QED) is 0.728. The van der Waals surface area contributed by atoms with Crippen LogP contribution in [-0.2, 0) is 6.42 Å². The number of rotatable bonds is 6. The Morgan fingerprint density at radius 3 is 2.75 bits per heavy atom. The summed E-state index contributed by atoms with van der Waals surface area (Å²) in [7, 11) is 0. The molecule has 0 radical (unpaired) electrons. The number of nitrogens with one attached hydrogen (secondary N) is 2. The highest BCUT2D eigenvalue weighted by molar-refractivity contribution is 6.04. The van der Waals surface area contributed by atoms with Crippen molar-refractivity contribution in [2.75, 3.05) is 17.2 Å². The van der Waals surface area contributed by atoms with Crippen LogP contribution in [0, 0.1) is 6.92 Å². The molecule has 0 aliphatic carbocycles. The number of anilines is 2. The molecule has 2 aromatic heterocycles. The van der Waals surface area contributed by atoms with E-state index in [0.29, 0.717) is 17.1 Å². The van der Waals surface area contributed by atoms with Gasteiger partial charge in [-0.25, -0.2) is 0 Å². The van der Waals surface area contributed by atoms with Crippen LogP contribution in [0.3, 0.4) is 0 Å². The number of carbonyl (C=O) groups excluding carboxylic acids is 1. The first kappa shape index (κ1) is 15.7. The third kappa shape index (κ3) is 4.19. The molecular weight excluding hydrogens is 304 g/mol. The summed E-state index contributed by atoms with van der Waals surface area (Å²) in [4.78, 5) is 16.3. The predicted octanol–water partition coefficient (Wildman–Crippen LogP) is 3.28. The van der Waals surface area contributed by atoms with Gasteiger partial charge in [0.05, 0.1) is 11.3 Å². The topological polar surface area (TPSA) is 80.0 Å². The average molecular weight is 322 g/mol. The lowest BCUT2D eigenvalue weighted by molar-refractivity contribution is 0.102. The van der Waals surface area contributed by atoms with Crippen LogP contribution in [0.2, 0.25) is 0 Å². The van der Waals surface area contributed by atoms with Crippen molar-refractivity contribution in [3.63, 3.8) is 0 Å². The molecule has 0 atom stereocenters. The Morgan fingerprint density at radius 1 is 1.17 bits per heavy atom. The first-order chi connectivity index (χ1) is 11.7. The number of amides is 1. The lowest BCUT2D eigenvalue weighted by Crippen LogP contribution is -2.13. The highest BCUT2D eigenvalue weighted by Crippen LogP contribution is 2.12. The van der Waals surface area contributed by atoms with Gasteiger partial charge in [-0.05, 0) is 25.0 Å². The van der Waals surface area contributed by atoms with Crippen molar-refractivity contribution in [3.05, 3.63) is 71.7 Å². The maximum Gasteiger partial charge on any atom is 0.258 e. The lowest BCUT2D eigenvalue weighted by atomic mass is 10.1. The molecule has 0 aliphatic heterocycles. The largest absolute Gasteiger partial charge is 0.383 e. The van der Waals surface area contributed by atoms with Gasteiger partial charge in [0, 0.05) is 25.0 Å². The van der Waals surface area contributed by atoms with Crippen LogP contribution < -0.4 is 10.6 Å². The van der Waals surface area contributed by atoms with E-state index in [1.165, 1.54) is 11.8 Å². The van der Waals surface area contributed by atoms with Crippen LogP contribution in [0.25, 0.3) is 0 Å². The summed E-state index contributed by atoms with van der Waals surface area (Å²) in [6.45, 7) is 2.53. The smallest absolute Gasteiger partial charge is 0.258 e. The van der Waals surface area contributed by atoms with Gasteiger partial charge in [-0.3, -0.25) is 9.78 Å². The Morgan fingerprint density at radius 2 is 2.00 bits per heavy atom. The molecule has 1 aromatic carbocycles. The summed E-state index contributed by atoms with van der Waals surface area (Å²) in [6.07, 6.45) is 4.11. The molecular formula is C18H18N4O2. The fraction of sp³-hybridized carbons (Fsp3) is 0.167. The highest BCUT2D eigenvalue weighted by atomic mass is 16.5. The van der Waals surface area contributed by atoms with Gasteiger partial charge < -0.3 is 15.2 Å². The molecule has 2 N–H and O–H groups in total. The van der Waals surface area contributed by atoms with Crippen molar-refractivity contribution < 1.29 is 9.32 Å². The summed E-state index contributed by atoms with van der Waals surface area (Å²) >= 11 is 0. The minimum atomic E-state index is -0.275. The zero-order valence-corrected chi connectivity index (χ0v) is 13.3. The maximum atomic E-state index is 12.2. The molecule has 1 amide bonds. The molecule has 122 valence electrons. The number of nitrogens with zero attached hydrogens (tertiary/aromatic N) is 2. The Labute approximate surface area is 139 Å². The molecule has 3 aromatic rings. The zero-order valence-electron chi connectivity index (χ0n) is 13.3. The molecule has 3 rings (SSSR count). The second-order valence-electron chi connectivity index (χ2n) is 5.40. The summed E-state index contributed by atoms with van der Waals surface area (Å²) < 4.78 is 4.93. The van der Waals surface area contributed by atoms with Gasteiger partial charge in [0.2, 0.25) is 0 Å². The van der Waals surface area contributed by atoms with Gasteiger partial charge in [0.25, 0.3) is 5.91 Å². The number of aromatic nitrogens is 2. The van der Waals surface area contributed by atoms with E-state index in [0.717, 1.165) is 18.7 Å². The fourth-order valence-corrected chi connectivity index (χ4v) is 2.27. The van der Waals surface area contributed by atoms with Crippen LogP contribution in [0.4, 0.5) is 11.5 Å². The second-order valence-corrected chi connectivity index (χ2v) is 5.40. The minimum absolute atomic E-state index is 0.275. The number of hydrogen-bond acceptors (Lipinski definition) is 5. The molecule has 0 saturated heterocycles. The summed E-state index contributed by atoms with van der Waals surface area (Å²) in [6, 6.07) is 13.6. The Balaban J connectivity index is 1.58. The van der Waals surface area contributed by atoms with Crippen LogP contribution in [-0.4, -0.2) is 22.6 Å². The van der Waals surface area contributed by atoms with E-state index in [1.807, 2.05) is 18.2 Å². The van der Waals surface area contributed by atoms with Crippen molar-refractivity contribution in [1.29, 1.82) is 0 Å². The Kier molecular flexibility index (Phi) is 4.86. The first-order valence-corrected chi connectivity index (χ1v) is 7.68. The van der Waals surface area contributed by atoms with Gasteiger partial charge in [-0.2, -0.15) is 0 Å². The van der Waals surface area contributed by atoms with Gasteiger partial charge in [-0.15, -0.1) is 0 Å². The maximum absolute atomic E-state index is 12.2. The molecule has 6 nitrogen and oxygen atoms in total. The fourth-order valence-electron chi connectivity index (χ4n) is 2.27. The van der Waals surface area contributed by atoms with Crippen molar-refractivity contribution >= 4 is 17.4 Å². The number of pyridine rings is 1. The van der Waals surface area contributed by atoms with Crippen molar-refractivity contribution in [3.8, 4) is 0 Å². The van der Waals surface area contributed by atoms with Gasteiger partial charge in [0.15, 0.2) is 5.82 Å². The van der Waals surface area contributed by atoms with E-state index < -0.39 is 0 Å². The van der Waals surface area contributed by atoms with Gasteiger partial charge >= 0.3 is 0 Å². The Bertz CT molecular complexity index is 815. The predicted molar refractivity (Wildman–Crippen MR) is 92.1 cm³/mol. The second kappa shape index (κ2) is 7.41. The molecule has 0 spiro atoms. The number of hydrogen-bond donors (Lipinski definition) is 2. The monoisotopic (exact) mass is 322 g/mol. The minimum Gasteiger partial charge on any atom is -0.383 e. The Hall–Kier alpha value is -3.15. The van der Waals surface area contributed by atoms with E-state index in [1.54, 1.807) is 25.3 Å². The van der Waals surface area contributed by atoms with E-state index in [4.69, 9.17) is 4.52 Å². The molecule has 2 heterocycles. The number of benzene rings is 1.